The summed E-state index contributed by atoms with van der Waals surface area (Å²) in [7, 11) is 2.22. The maximum atomic E-state index is 3.75. The van der Waals surface area contributed by atoms with Gasteiger partial charge in [-0.15, -0.1) is 0 Å². The molecule has 0 radical (unpaired) electrons. The van der Waals surface area contributed by atoms with E-state index in [-0.39, 0.29) is 0 Å². The van der Waals surface area contributed by atoms with Gasteiger partial charge in [0.25, 0.3) is 0 Å². The van der Waals surface area contributed by atoms with Crippen molar-refractivity contribution < 1.29 is 0 Å². The maximum Gasteiger partial charge on any atom is 0.0302 e. The van der Waals surface area contributed by atoms with Crippen molar-refractivity contribution in [3.63, 3.8) is 0 Å². The van der Waals surface area contributed by atoms with Crippen LogP contribution < -0.4 is 5.32 Å². The quantitative estimate of drug-likeness (QED) is 0.885. The Kier molecular flexibility index (Phi) is 4.60. The summed E-state index contributed by atoms with van der Waals surface area (Å²) >= 11 is 1.78. The Morgan fingerprint density at radius 2 is 2.06 bits per heavy atom. The molecule has 3 heteroatoms. The highest BCUT2D eigenvalue weighted by Crippen LogP contribution is 2.23. The zero-order chi connectivity index (χ0) is 12.3. The number of rotatable bonds is 4. The molecule has 0 amide bonds. The summed E-state index contributed by atoms with van der Waals surface area (Å²) in [5, 5.41) is 8.16. The lowest BCUT2D eigenvalue weighted by atomic mass is 9.90. The number of likely N-dealkylation sites (tertiary alicyclic amines) is 1. The summed E-state index contributed by atoms with van der Waals surface area (Å²) < 4.78 is 0. The maximum absolute atomic E-state index is 3.75. The van der Waals surface area contributed by atoms with Gasteiger partial charge in [0.1, 0.15) is 0 Å². The molecule has 1 fully saturated rings. The minimum absolute atomic E-state index is 0.482. The highest BCUT2D eigenvalue weighted by Gasteiger charge is 2.23. The van der Waals surface area contributed by atoms with Crippen LogP contribution >= 0.6 is 11.3 Å². The van der Waals surface area contributed by atoms with Crippen molar-refractivity contribution >= 4 is 11.3 Å². The SMILES string of the molecule is CC(NC(C)C1CCN(C)CC1)c1ccsc1. The molecular formula is C14H24N2S. The minimum atomic E-state index is 0.482. The van der Waals surface area contributed by atoms with Gasteiger partial charge in [-0.2, -0.15) is 11.3 Å². The van der Waals surface area contributed by atoms with E-state index in [4.69, 9.17) is 0 Å². The van der Waals surface area contributed by atoms with Crippen molar-refractivity contribution in [2.75, 3.05) is 20.1 Å². The van der Waals surface area contributed by atoms with E-state index < -0.39 is 0 Å². The van der Waals surface area contributed by atoms with Crippen molar-refractivity contribution in [3.05, 3.63) is 22.4 Å². The van der Waals surface area contributed by atoms with Crippen LogP contribution in [0.3, 0.4) is 0 Å². The van der Waals surface area contributed by atoms with Crippen LogP contribution in [0, 0.1) is 5.92 Å². The van der Waals surface area contributed by atoms with Crippen LogP contribution in [-0.4, -0.2) is 31.1 Å². The van der Waals surface area contributed by atoms with E-state index >= 15 is 0 Å². The van der Waals surface area contributed by atoms with E-state index in [1.54, 1.807) is 11.3 Å². The molecule has 0 aromatic carbocycles. The standard InChI is InChI=1S/C14H24N2S/c1-11(13-4-7-16(3)8-5-13)15-12(2)14-6-9-17-10-14/h6,9-13,15H,4-5,7-8H2,1-3H3. The first-order chi connectivity index (χ1) is 8.16. The van der Waals surface area contributed by atoms with Crippen molar-refractivity contribution in [2.45, 2.75) is 38.8 Å². The highest BCUT2D eigenvalue weighted by atomic mass is 32.1. The molecule has 17 heavy (non-hydrogen) atoms. The molecule has 2 heterocycles. The minimum Gasteiger partial charge on any atom is -0.307 e. The molecular weight excluding hydrogens is 228 g/mol. The third-order valence-corrected chi connectivity index (χ3v) is 4.73. The van der Waals surface area contributed by atoms with Crippen LogP contribution in [0.1, 0.15) is 38.3 Å². The normalized spacial score (nSPS) is 22.5. The number of nitrogens with one attached hydrogen (secondary N) is 1. The fourth-order valence-electron chi connectivity index (χ4n) is 2.68. The van der Waals surface area contributed by atoms with E-state index in [1.807, 2.05) is 0 Å². The molecule has 1 saturated heterocycles. The first kappa shape index (κ1) is 13.1. The predicted octanol–water partition coefficient (Wildman–Crippen LogP) is 3.13. The lowest BCUT2D eigenvalue weighted by Gasteiger charge is -2.34. The summed E-state index contributed by atoms with van der Waals surface area (Å²) in [5.41, 5.74) is 1.43. The molecule has 1 aromatic heterocycles. The van der Waals surface area contributed by atoms with Crippen LogP contribution in [0.25, 0.3) is 0 Å². The summed E-state index contributed by atoms with van der Waals surface area (Å²) in [6.07, 6.45) is 2.67. The Bertz CT molecular complexity index is 315. The van der Waals surface area contributed by atoms with Crippen LogP contribution in [0.15, 0.2) is 16.8 Å². The second-order valence-corrected chi connectivity index (χ2v) is 6.15. The lowest BCUT2D eigenvalue weighted by molar-refractivity contribution is 0.185. The van der Waals surface area contributed by atoms with Crippen LogP contribution in [0.2, 0.25) is 0 Å². The zero-order valence-electron chi connectivity index (χ0n) is 11.1. The summed E-state index contributed by atoms with van der Waals surface area (Å²) in [5.74, 6) is 0.840. The molecule has 96 valence electrons. The topological polar surface area (TPSA) is 15.3 Å². The third kappa shape index (κ3) is 3.54. The molecule has 1 N–H and O–H groups in total. The summed E-state index contributed by atoms with van der Waals surface area (Å²) in [6.45, 7) is 7.12. The fraction of sp³-hybridized carbons (Fsp3) is 0.714. The van der Waals surface area contributed by atoms with Gasteiger partial charge in [-0.25, -0.2) is 0 Å². The van der Waals surface area contributed by atoms with E-state index in [0.29, 0.717) is 12.1 Å². The molecule has 0 spiro atoms. The Morgan fingerprint density at radius 1 is 1.35 bits per heavy atom. The van der Waals surface area contributed by atoms with E-state index in [0.717, 1.165) is 5.92 Å². The molecule has 2 nitrogen and oxygen atoms in total. The fourth-order valence-corrected chi connectivity index (χ4v) is 3.43. The monoisotopic (exact) mass is 252 g/mol. The van der Waals surface area contributed by atoms with Crippen molar-refractivity contribution in [2.24, 2.45) is 5.92 Å². The average molecular weight is 252 g/mol. The van der Waals surface area contributed by atoms with Crippen molar-refractivity contribution in [3.8, 4) is 0 Å². The molecule has 0 saturated carbocycles. The first-order valence-electron chi connectivity index (χ1n) is 6.63. The van der Waals surface area contributed by atoms with Crippen LogP contribution in [0.4, 0.5) is 0 Å². The number of hydrogen-bond acceptors (Lipinski definition) is 3. The van der Waals surface area contributed by atoms with Gasteiger partial charge in [-0.05, 0) is 75.1 Å². The molecule has 1 aliphatic heterocycles. The van der Waals surface area contributed by atoms with Gasteiger partial charge in [-0.1, -0.05) is 0 Å². The number of piperidine rings is 1. The van der Waals surface area contributed by atoms with E-state index in [1.165, 1.54) is 31.5 Å². The molecule has 1 aliphatic rings. The van der Waals surface area contributed by atoms with Gasteiger partial charge >= 0.3 is 0 Å². The van der Waals surface area contributed by atoms with E-state index in [9.17, 15) is 0 Å². The van der Waals surface area contributed by atoms with Crippen molar-refractivity contribution in [1.82, 2.24) is 10.2 Å². The molecule has 2 rings (SSSR count). The summed E-state index contributed by atoms with van der Waals surface area (Å²) in [6, 6.07) is 3.33. The highest BCUT2D eigenvalue weighted by molar-refractivity contribution is 7.07. The predicted molar refractivity (Wildman–Crippen MR) is 75.6 cm³/mol. The van der Waals surface area contributed by atoms with Crippen LogP contribution in [0.5, 0.6) is 0 Å². The van der Waals surface area contributed by atoms with Crippen LogP contribution in [-0.2, 0) is 0 Å². The Balaban J connectivity index is 1.82. The molecule has 2 atom stereocenters. The van der Waals surface area contributed by atoms with E-state index in [2.05, 4.69) is 47.9 Å². The van der Waals surface area contributed by atoms with Gasteiger partial charge in [0.2, 0.25) is 0 Å². The second kappa shape index (κ2) is 5.98. The number of thiophene rings is 1. The smallest absolute Gasteiger partial charge is 0.0302 e. The lowest BCUT2D eigenvalue weighted by Crippen LogP contribution is -2.41. The largest absolute Gasteiger partial charge is 0.307 e. The Labute approximate surface area is 109 Å². The number of nitrogens with zero attached hydrogens (tertiary/aromatic N) is 1. The van der Waals surface area contributed by atoms with Gasteiger partial charge < -0.3 is 10.2 Å². The Morgan fingerprint density at radius 3 is 2.65 bits per heavy atom. The Hall–Kier alpha value is -0.380. The van der Waals surface area contributed by atoms with Gasteiger partial charge in [0.15, 0.2) is 0 Å². The van der Waals surface area contributed by atoms with Gasteiger partial charge in [0.05, 0.1) is 0 Å². The third-order valence-electron chi connectivity index (χ3n) is 4.03. The molecule has 0 bridgehead atoms. The first-order valence-corrected chi connectivity index (χ1v) is 7.58. The second-order valence-electron chi connectivity index (χ2n) is 5.37. The van der Waals surface area contributed by atoms with Gasteiger partial charge in [0, 0.05) is 12.1 Å². The number of hydrogen-bond donors (Lipinski definition) is 1. The molecule has 0 aliphatic carbocycles. The average Bonchev–Trinajstić information content (AvgIpc) is 2.83. The summed E-state index contributed by atoms with van der Waals surface area (Å²) in [4.78, 5) is 2.44. The molecule has 2 unspecified atom stereocenters. The zero-order valence-corrected chi connectivity index (χ0v) is 12.0. The van der Waals surface area contributed by atoms with Crippen molar-refractivity contribution in [1.29, 1.82) is 0 Å². The van der Waals surface area contributed by atoms with Gasteiger partial charge in [-0.3, -0.25) is 0 Å². The molecule has 1 aromatic rings.